The van der Waals surface area contributed by atoms with Crippen molar-refractivity contribution in [1.82, 2.24) is 9.29 Å². The lowest BCUT2D eigenvalue weighted by atomic mass is 10.2. The van der Waals surface area contributed by atoms with Gasteiger partial charge in [-0.3, -0.25) is 4.79 Å². The Labute approximate surface area is 189 Å². The number of carbonyl (C=O) groups is 1. The van der Waals surface area contributed by atoms with Gasteiger partial charge in [0.1, 0.15) is 17.3 Å². The van der Waals surface area contributed by atoms with Gasteiger partial charge in [-0.2, -0.15) is 4.31 Å². The van der Waals surface area contributed by atoms with Crippen LogP contribution in [0.15, 0.2) is 69.3 Å². The molecule has 1 aliphatic rings. The highest BCUT2D eigenvalue weighted by Gasteiger charge is 2.39. The summed E-state index contributed by atoms with van der Waals surface area (Å²) in [7, 11) is -3.75. The lowest BCUT2D eigenvalue weighted by molar-refractivity contribution is -0.119. The molecule has 0 saturated carbocycles. The van der Waals surface area contributed by atoms with Crippen molar-refractivity contribution in [3.8, 4) is 11.5 Å². The number of hydrogen-bond acceptors (Lipinski definition) is 6. The molecule has 1 amide bonds. The molecule has 0 radical (unpaired) electrons. The number of para-hydroxylation sites is 1. The zero-order valence-corrected chi connectivity index (χ0v) is 18.9. The van der Waals surface area contributed by atoms with Gasteiger partial charge in [0.2, 0.25) is 15.9 Å². The minimum absolute atomic E-state index is 0.198. The first-order chi connectivity index (χ1) is 15.4. The second-order valence-corrected chi connectivity index (χ2v) is 10.5. The minimum atomic E-state index is -3.75. The monoisotopic (exact) mass is 467 g/mol. The molecule has 1 atom stereocenters. The van der Waals surface area contributed by atoms with Crippen LogP contribution in [0.4, 0.5) is 5.13 Å². The molecule has 4 aromatic rings. The van der Waals surface area contributed by atoms with Crippen LogP contribution in [0, 0.1) is 6.92 Å². The number of hydrogen-bond donors (Lipinski definition) is 1. The third-order valence-electron chi connectivity index (χ3n) is 5.55. The highest BCUT2D eigenvalue weighted by atomic mass is 32.2. The molecular formula is C23H21N3O4S2. The van der Waals surface area contributed by atoms with Gasteiger partial charge in [-0.05, 0) is 44.0 Å². The van der Waals surface area contributed by atoms with E-state index in [2.05, 4.69) is 10.3 Å². The fourth-order valence-electron chi connectivity index (χ4n) is 3.88. The summed E-state index contributed by atoms with van der Waals surface area (Å²) in [6, 6.07) is 15.5. The van der Waals surface area contributed by atoms with Crippen LogP contribution in [0.1, 0.15) is 18.4 Å². The van der Waals surface area contributed by atoms with Gasteiger partial charge in [0.15, 0.2) is 10.9 Å². The van der Waals surface area contributed by atoms with E-state index in [1.165, 1.54) is 15.6 Å². The maximum absolute atomic E-state index is 13.1. The lowest BCUT2D eigenvalue weighted by Gasteiger charge is -2.23. The second kappa shape index (κ2) is 8.16. The largest absolute Gasteiger partial charge is 0.454 e. The van der Waals surface area contributed by atoms with E-state index in [9.17, 15) is 13.2 Å². The summed E-state index contributed by atoms with van der Waals surface area (Å²) in [5.41, 5.74) is 2.37. The summed E-state index contributed by atoms with van der Waals surface area (Å²) < 4.78 is 33.3. The molecule has 0 aliphatic carbocycles. The lowest BCUT2D eigenvalue weighted by Crippen LogP contribution is -2.43. The molecule has 1 fully saturated rings. The molecule has 1 saturated heterocycles. The van der Waals surface area contributed by atoms with E-state index >= 15 is 0 Å². The number of sulfonamides is 1. The van der Waals surface area contributed by atoms with Gasteiger partial charge in [0.05, 0.1) is 4.90 Å². The normalized spacial score (nSPS) is 17.1. The third kappa shape index (κ3) is 3.83. The number of carbonyl (C=O) groups excluding carboxylic acids is 1. The molecule has 3 heterocycles. The summed E-state index contributed by atoms with van der Waals surface area (Å²) in [6.45, 7) is 2.21. The fourth-order valence-corrected chi connectivity index (χ4v) is 6.24. The van der Waals surface area contributed by atoms with E-state index in [1.807, 2.05) is 42.6 Å². The van der Waals surface area contributed by atoms with Crippen LogP contribution in [0.2, 0.25) is 0 Å². The Kier molecular flexibility index (Phi) is 5.32. The maximum Gasteiger partial charge on any atom is 0.244 e. The molecule has 7 nitrogen and oxygen atoms in total. The molecule has 1 unspecified atom stereocenters. The smallest absolute Gasteiger partial charge is 0.244 e. The van der Waals surface area contributed by atoms with Crippen LogP contribution in [0.5, 0.6) is 0 Å². The fraction of sp³-hybridized carbons (Fsp3) is 0.217. The maximum atomic E-state index is 13.1. The predicted molar refractivity (Wildman–Crippen MR) is 124 cm³/mol. The van der Waals surface area contributed by atoms with Crippen LogP contribution in [-0.2, 0) is 14.8 Å². The number of benzene rings is 2. The van der Waals surface area contributed by atoms with Crippen molar-refractivity contribution in [2.24, 2.45) is 0 Å². The Balaban J connectivity index is 1.34. The van der Waals surface area contributed by atoms with E-state index in [-0.39, 0.29) is 10.8 Å². The Morgan fingerprint density at radius 3 is 2.75 bits per heavy atom. The zero-order chi connectivity index (χ0) is 22.3. The molecule has 1 N–H and O–H groups in total. The highest BCUT2D eigenvalue weighted by Crippen LogP contribution is 2.31. The van der Waals surface area contributed by atoms with Crippen molar-refractivity contribution in [2.75, 3.05) is 11.9 Å². The molecule has 1 aliphatic heterocycles. The predicted octanol–water partition coefficient (Wildman–Crippen LogP) is 4.66. The number of nitrogens with one attached hydrogen (secondary N) is 1. The number of fused-ring (bicyclic) bond motifs is 1. The summed E-state index contributed by atoms with van der Waals surface area (Å²) in [5.74, 6) is 0.246. The molecule has 2 aromatic carbocycles. The summed E-state index contributed by atoms with van der Waals surface area (Å²) >= 11 is 1.28. The molecule has 2 aromatic heterocycles. The summed E-state index contributed by atoms with van der Waals surface area (Å²) in [6.07, 6.45) is 1.10. The number of thiazole rings is 1. The van der Waals surface area contributed by atoms with E-state index in [1.54, 1.807) is 24.3 Å². The first kappa shape index (κ1) is 20.9. The summed E-state index contributed by atoms with van der Waals surface area (Å²) in [4.78, 5) is 17.6. The van der Waals surface area contributed by atoms with Crippen LogP contribution < -0.4 is 5.32 Å². The highest BCUT2D eigenvalue weighted by molar-refractivity contribution is 7.89. The van der Waals surface area contributed by atoms with Crippen LogP contribution in [-0.4, -0.2) is 36.2 Å². The van der Waals surface area contributed by atoms with E-state index < -0.39 is 16.1 Å². The first-order valence-electron chi connectivity index (χ1n) is 10.3. The van der Waals surface area contributed by atoms with E-state index in [4.69, 9.17) is 4.42 Å². The van der Waals surface area contributed by atoms with Gasteiger partial charge in [-0.1, -0.05) is 35.9 Å². The molecule has 5 rings (SSSR count). The Bertz CT molecular complexity index is 1360. The van der Waals surface area contributed by atoms with Crippen molar-refractivity contribution in [2.45, 2.75) is 30.7 Å². The van der Waals surface area contributed by atoms with Crippen LogP contribution >= 0.6 is 11.3 Å². The number of amides is 1. The Morgan fingerprint density at radius 2 is 1.97 bits per heavy atom. The quantitative estimate of drug-likeness (QED) is 0.461. The van der Waals surface area contributed by atoms with Crippen molar-refractivity contribution in [3.05, 3.63) is 65.5 Å². The zero-order valence-electron chi connectivity index (χ0n) is 17.3. The second-order valence-electron chi connectivity index (χ2n) is 7.76. The Morgan fingerprint density at radius 1 is 1.19 bits per heavy atom. The van der Waals surface area contributed by atoms with Gasteiger partial charge in [0.25, 0.3) is 0 Å². The van der Waals surface area contributed by atoms with Gasteiger partial charge >= 0.3 is 0 Å². The number of nitrogens with zero attached hydrogens (tertiary/aromatic N) is 2. The van der Waals surface area contributed by atoms with Crippen LogP contribution in [0.25, 0.3) is 22.4 Å². The molecule has 0 bridgehead atoms. The molecule has 164 valence electrons. The molecule has 0 spiro atoms. The number of aromatic nitrogens is 1. The number of rotatable bonds is 5. The summed E-state index contributed by atoms with van der Waals surface area (Å²) in [5, 5.41) is 5.98. The van der Waals surface area contributed by atoms with Gasteiger partial charge in [-0.15, -0.1) is 11.3 Å². The van der Waals surface area contributed by atoms with E-state index in [0.29, 0.717) is 36.0 Å². The number of aryl methyl sites for hydroxylation is 1. The average Bonchev–Trinajstić information content (AvgIpc) is 3.52. The van der Waals surface area contributed by atoms with Gasteiger partial charge in [-0.25, -0.2) is 13.4 Å². The third-order valence-corrected chi connectivity index (χ3v) is 8.23. The SMILES string of the molecule is Cc1ccc(S(=O)(=O)N2CCCC2C(=O)Nc2nc(-c3cc4ccccc4o3)cs2)cc1. The van der Waals surface area contributed by atoms with Crippen molar-refractivity contribution in [1.29, 1.82) is 0 Å². The first-order valence-corrected chi connectivity index (χ1v) is 12.6. The molecular weight excluding hydrogens is 446 g/mol. The number of furan rings is 1. The van der Waals surface area contributed by atoms with E-state index in [0.717, 1.165) is 16.5 Å². The Hall–Kier alpha value is -3.01. The standard InChI is InChI=1S/C23H21N3O4S2/c1-15-8-10-17(11-9-15)32(28,29)26-12-4-6-19(26)22(27)25-23-24-18(14-31-23)21-13-16-5-2-3-7-20(16)30-21/h2-3,5,7-11,13-14,19H,4,6,12H2,1H3,(H,24,25,27). The van der Waals surface area contributed by atoms with Crippen LogP contribution in [0.3, 0.4) is 0 Å². The van der Waals surface area contributed by atoms with Gasteiger partial charge in [0, 0.05) is 17.3 Å². The average molecular weight is 468 g/mol. The minimum Gasteiger partial charge on any atom is -0.454 e. The van der Waals surface area contributed by atoms with Crippen molar-refractivity contribution < 1.29 is 17.6 Å². The number of anilines is 1. The van der Waals surface area contributed by atoms with Gasteiger partial charge < -0.3 is 9.73 Å². The molecule has 9 heteroatoms. The topological polar surface area (TPSA) is 92.5 Å². The molecule has 32 heavy (non-hydrogen) atoms. The van der Waals surface area contributed by atoms with Crippen molar-refractivity contribution >= 4 is 43.4 Å². The van der Waals surface area contributed by atoms with Crippen molar-refractivity contribution in [3.63, 3.8) is 0 Å².